The van der Waals surface area contributed by atoms with Gasteiger partial charge in [0.25, 0.3) is 0 Å². The number of imidazole rings is 1. The Morgan fingerprint density at radius 1 is 1.00 bits per heavy atom. The van der Waals surface area contributed by atoms with Crippen LogP contribution in [0.1, 0.15) is 41.2 Å². The van der Waals surface area contributed by atoms with Gasteiger partial charge in [0.2, 0.25) is 5.89 Å². The monoisotopic (exact) mass is 436 g/mol. The number of benzene rings is 2. The van der Waals surface area contributed by atoms with E-state index < -0.39 is 0 Å². The van der Waals surface area contributed by atoms with Crippen LogP contribution in [0.4, 0.5) is 0 Å². The number of aryl methyl sites for hydroxylation is 2. The molecule has 166 valence electrons. The second kappa shape index (κ2) is 7.85. The van der Waals surface area contributed by atoms with Crippen LogP contribution in [-0.2, 0) is 12.0 Å². The van der Waals surface area contributed by atoms with E-state index in [-0.39, 0.29) is 5.41 Å². The minimum absolute atomic E-state index is 0.215. The molecule has 0 bridgehead atoms. The molecule has 0 saturated carbocycles. The third-order valence-electron chi connectivity index (χ3n) is 7.31. The van der Waals surface area contributed by atoms with Gasteiger partial charge in [-0.25, -0.2) is 9.97 Å². The quantitative estimate of drug-likeness (QED) is 0.411. The van der Waals surface area contributed by atoms with Gasteiger partial charge in [0.05, 0.1) is 5.69 Å². The first-order valence-corrected chi connectivity index (χ1v) is 11.7. The van der Waals surface area contributed by atoms with Crippen LogP contribution >= 0.6 is 0 Å². The second-order valence-corrected chi connectivity index (χ2v) is 9.27. The zero-order chi connectivity index (χ0) is 22.4. The van der Waals surface area contributed by atoms with Gasteiger partial charge in [0.1, 0.15) is 11.6 Å². The molecule has 0 atom stereocenters. The lowest BCUT2D eigenvalue weighted by Crippen LogP contribution is -2.40. The number of fused-ring (bicyclic) bond motifs is 2. The number of aromatic nitrogens is 3. The molecule has 5 nitrogen and oxygen atoms in total. The number of hydrogen-bond donors (Lipinski definition) is 0. The molecule has 1 aliphatic carbocycles. The second-order valence-electron chi connectivity index (χ2n) is 9.27. The highest BCUT2D eigenvalue weighted by Gasteiger charge is 2.37. The first-order chi connectivity index (χ1) is 16.1. The molecule has 5 heteroatoms. The molecular formula is C28H28N4O. The van der Waals surface area contributed by atoms with Gasteiger partial charge >= 0.3 is 0 Å². The summed E-state index contributed by atoms with van der Waals surface area (Å²) in [7, 11) is 0. The minimum atomic E-state index is 0.215. The first kappa shape index (κ1) is 20.2. The van der Waals surface area contributed by atoms with E-state index in [1.807, 2.05) is 26.2 Å². The van der Waals surface area contributed by atoms with Crippen molar-refractivity contribution in [3.05, 3.63) is 95.4 Å². The largest absolute Gasteiger partial charge is 0.441 e. The summed E-state index contributed by atoms with van der Waals surface area (Å²) < 4.78 is 8.13. The maximum absolute atomic E-state index is 6.07. The van der Waals surface area contributed by atoms with E-state index in [2.05, 4.69) is 75.1 Å². The van der Waals surface area contributed by atoms with Crippen molar-refractivity contribution >= 4 is 6.08 Å². The van der Waals surface area contributed by atoms with Gasteiger partial charge in [-0.3, -0.25) is 4.90 Å². The molecule has 0 amide bonds. The summed E-state index contributed by atoms with van der Waals surface area (Å²) in [5, 5.41) is 0. The summed E-state index contributed by atoms with van der Waals surface area (Å²) in [6.07, 6.45) is 10.8. The maximum Gasteiger partial charge on any atom is 0.226 e. The Bertz CT molecular complexity index is 1320. The van der Waals surface area contributed by atoms with E-state index in [1.54, 1.807) is 0 Å². The van der Waals surface area contributed by atoms with Crippen LogP contribution in [0.15, 0.2) is 71.4 Å². The summed E-state index contributed by atoms with van der Waals surface area (Å²) in [5.74, 6) is 2.57. The lowest BCUT2D eigenvalue weighted by atomic mass is 9.74. The van der Waals surface area contributed by atoms with Crippen molar-refractivity contribution in [1.82, 2.24) is 19.4 Å². The molecule has 4 aromatic rings. The molecule has 33 heavy (non-hydrogen) atoms. The zero-order valence-electron chi connectivity index (χ0n) is 19.2. The Balaban J connectivity index is 1.15. The molecule has 0 unspecified atom stereocenters. The van der Waals surface area contributed by atoms with Crippen molar-refractivity contribution in [2.45, 2.75) is 38.6 Å². The number of likely N-dealkylation sites (tertiary alicyclic amines) is 1. The predicted octanol–water partition coefficient (Wildman–Crippen LogP) is 5.70. The van der Waals surface area contributed by atoms with E-state index in [0.29, 0.717) is 5.89 Å². The third-order valence-corrected chi connectivity index (χ3v) is 7.31. The summed E-state index contributed by atoms with van der Waals surface area (Å²) in [5.41, 5.74) is 6.22. The number of oxazole rings is 1. The molecule has 1 saturated heterocycles. The molecule has 0 radical (unpaired) electrons. The maximum atomic E-state index is 6.07. The van der Waals surface area contributed by atoms with E-state index in [4.69, 9.17) is 9.40 Å². The molecule has 2 aliphatic rings. The van der Waals surface area contributed by atoms with Gasteiger partial charge < -0.3 is 8.98 Å². The average Bonchev–Trinajstić information content (AvgIpc) is 3.54. The number of piperidine rings is 1. The van der Waals surface area contributed by atoms with Gasteiger partial charge in [0.15, 0.2) is 0 Å². The third kappa shape index (κ3) is 3.53. The molecule has 2 aromatic heterocycles. The fraction of sp³-hybridized carbons (Fsp3) is 0.286. The van der Waals surface area contributed by atoms with Crippen molar-refractivity contribution < 1.29 is 4.42 Å². The highest BCUT2D eigenvalue weighted by molar-refractivity contribution is 5.65. The Hall–Kier alpha value is -3.44. The summed E-state index contributed by atoms with van der Waals surface area (Å²) in [6, 6.07) is 17.1. The van der Waals surface area contributed by atoms with E-state index >= 15 is 0 Å². The SMILES string of the molecule is Cc1oc(-c2ccc(-n3ccnc3C)cc2)nc1CN1CCC2(C=Cc3ccccc32)CC1. The highest BCUT2D eigenvalue weighted by atomic mass is 16.4. The lowest BCUT2D eigenvalue weighted by Gasteiger charge is -2.39. The van der Waals surface area contributed by atoms with Crippen LogP contribution in [0.5, 0.6) is 0 Å². The number of rotatable bonds is 4. The van der Waals surface area contributed by atoms with Gasteiger partial charge in [-0.2, -0.15) is 0 Å². The minimum Gasteiger partial charge on any atom is -0.441 e. The molecular weight excluding hydrogens is 408 g/mol. The summed E-state index contributed by atoms with van der Waals surface area (Å²) >= 11 is 0. The Morgan fingerprint density at radius 2 is 1.79 bits per heavy atom. The zero-order valence-corrected chi connectivity index (χ0v) is 19.2. The Morgan fingerprint density at radius 3 is 2.55 bits per heavy atom. The van der Waals surface area contributed by atoms with E-state index in [0.717, 1.165) is 61.0 Å². The predicted molar refractivity (Wildman–Crippen MR) is 130 cm³/mol. The molecule has 1 fully saturated rings. The van der Waals surface area contributed by atoms with Crippen LogP contribution in [-0.4, -0.2) is 32.5 Å². The average molecular weight is 437 g/mol. The van der Waals surface area contributed by atoms with Crippen LogP contribution in [0.25, 0.3) is 23.2 Å². The standard InChI is InChI=1S/C28H28N4O/c1-20-26(19-31-16-13-28(14-17-31)12-11-22-5-3-4-6-25(22)28)30-27(33-20)23-7-9-24(10-8-23)32-18-15-29-21(32)2/h3-12,15,18H,13-14,16-17,19H2,1-2H3. The Labute approximate surface area is 194 Å². The normalized spacial score (nSPS) is 17.0. The topological polar surface area (TPSA) is 47.1 Å². The van der Waals surface area contributed by atoms with Crippen molar-refractivity contribution in [3.63, 3.8) is 0 Å². The molecule has 2 aromatic carbocycles. The summed E-state index contributed by atoms with van der Waals surface area (Å²) in [4.78, 5) is 11.7. The highest BCUT2D eigenvalue weighted by Crippen LogP contribution is 2.43. The van der Waals surface area contributed by atoms with Crippen molar-refractivity contribution in [2.24, 2.45) is 0 Å². The number of allylic oxidation sites excluding steroid dienone is 1. The fourth-order valence-corrected chi connectivity index (χ4v) is 5.31. The van der Waals surface area contributed by atoms with Crippen LogP contribution in [0.2, 0.25) is 0 Å². The number of nitrogens with zero attached hydrogens (tertiary/aromatic N) is 4. The van der Waals surface area contributed by atoms with Crippen LogP contribution < -0.4 is 0 Å². The first-order valence-electron chi connectivity index (χ1n) is 11.7. The van der Waals surface area contributed by atoms with Gasteiger partial charge in [-0.1, -0.05) is 36.4 Å². The smallest absolute Gasteiger partial charge is 0.226 e. The van der Waals surface area contributed by atoms with Crippen molar-refractivity contribution in [3.8, 4) is 17.1 Å². The van der Waals surface area contributed by atoms with Crippen molar-refractivity contribution in [1.29, 1.82) is 0 Å². The van der Waals surface area contributed by atoms with Gasteiger partial charge in [-0.05, 0) is 75.2 Å². The molecule has 0 N–H and O–H groups in total. The molecule has 3 heterocycles. The Kier molecular flexibility index (Phi) is 4.80. The van der Waals surface area contributed by atoms with Crippen LogP contribution in [0, 0.1) is 13.8 Å². The number of hydrogen-bond acceptors (Lipinski definition) is 4. The lowest BCUT2D eigenvalue weighted by molar-refractivity contribution is 0.175. The van der Waals surface area contributed by atoms with Crippen molar-refractivity contribution in [2.75, 3.05) is 13.1 Å². The summed E-state index contributed by atoms with van der Waals surface area (Å²) in [6.45, 7) is 7.00. The van der Waals surface area contributed by atoms with E-state index in [9.17, 15) is 0 Å². The van der Waals surface area contributed by atoms with E-state index in [1.165, 1.54) is 11.1 Å². The van der Waals surface area contributed by atoms with Crippen LogP contribution in [0.3, 0.4) is 0 Å². The molecule has 1 aliphatic heterocycles. The molecule has 1 spiro atoms. The van der Waals surface area contributed by atoms with Gasteiger partial charge in [0, 0.05) is 35.6 Å². The van der Waals surface area contributed by atoms with Gasteiger partial charge in [-0.15, -0.1) is 0 Å². The molecule has 6 rings (SSSR count). The fourth-order valence-electron chi connectivity index (χ4n) is 5.31.